The van der Waals surface area contributed by atoms with E-state index in [0.29, 0.717) is 17.5 Å². The topological polar surface area (TPSA) is 38.7 Å². The van der Waals surface area contributed by atoms with Crippen molar-refractivity contribution in [3.05, 3.63) is 200 Å². The van der Waals surface area contributed by atoms with Gasteiger partial charge in [-0.25, -0.2) is 15.0 Å². The molecule has 0 radical (unpaired) electrons. The lowest BCUT2D eigenvalue weighted by Crippen LogP contribution is -2.00. The Morgan fingerprint density at radius 3 is 1.30 bits per heavy atom. The lowest BCUT2D eigenvalue weighted by atomic mass is 9.89. The van der Waals surface area contributed by atoms with Crippen LogP contribution in [0.2, 0.25) is 0 Å². The molecule has 1 aromatic heterocycles. The Morgan fingerprint density at radius 2 is 0.685 bits per heavy atom. The molecule has 54 heavy (non-hydrogen) atoms. The van der Waals surface area contributed by atoms with E-state index in [0.717, 1.165) is 44.5 Å². The minimum atomic E-state index is 0.630. The second kappa shape index (κ2) is 13.4. The summed E-state index contributed by atoms with van der Waals surface area (Å²) in [5.74, 6) is 1.90. The third-order valence-corrected chi connectivity index (χ3v) is 10.3. The van der Waals surface area contributed by atoms with Gasteiger partial charge in [-0.1, -0.05) is 182 Å². The van der Waals surface area contributed by atoms with Crippen LogP contribution in [0.4, 0.5) is 0 Å². The van der Waals surface area contributed by atoms with Gasteiger partial charge >= 0.3 is 0 Å². The molecule has 0 saturated carbocycles. The van der Waals surface area contributed by atoms with Crippen LogP contribution in [0, 0.1) is 0 Å². The average molecular weight is 688 g/mol. The molecule has 0 bridgehead atoms. The molecule has 3 heteroatoms. The van der Waals surface area contributed by atoms with E-state index in [2.05, 4.69) is 188 Å². The standard InChI is InChI=1S/C51H33N3/c1-3-13-34(14-4-1)39-19-11-21-42(31-39)50-52-49(53-51(54-50)43-22-12-20-40(32-43)35-15-5-2-6-16-35)38-27-25-37(26-28-38)48-45-24-10-8-18-41(45)33-47-44-23-9-7-17-36(44)29-30-46(47)48/h1-33H. The van der Waals surface area contributed by atoms with Crippen LogP contribution in [0.25, 0.3) is 99.9 Å². The summed E-state index contributed by atoms with van der Waals surface area (Å²) in [5, 5.41) is 7.45. The zero-order chi connectivity index (χ0) is 35.8. The molecular formula is C51H33N3. The summed E-state index contributed by atoms with van der Waals surface area (Å²) in [4.78, 5) is 15.4. The molecule has 0 unspecified atom stereocenters. The second-order valence-electron chi connectivity index (χ2n) is 13.6. The fraction of sp³-hybridized carbons (Fsp3) is 0. The minimum absolute atomic E-state index is 0.630. The molecule has 0 aliphatic carbocycles. The maximum absolute atomic E-state index is 5.13. The number of hydrogen-bond donors (Lipinski definition) is 0. The van der Waals surface area contributed by atoms with Gasteiger partial charge < -0.3 is 0 Å². The predicted molar refractivity (Wildman–Crippen MR) is 225 cm³/mol. The van der Waals surface area contributed by atoms with Crippen LogP contribution in [0.15, 0.2) is 200 Å². The van der Waals surface area contributed by atoms with Gasteiger partial charge in [0.15, 0.2) is 17.5 Å². The summed E-state index contributed by atoms with van der Waals surface area (Å²) in [7, 11) is 0. The van der Waals surface area contributed by atoms with Crippen LogP contribution in [0.3, 0.4) is 0 Å². The van der Waals surface area contributed by atoms with Crippen molar-refractivity contribution in [3.8, 4) is 67.5 Å². The minimum Gasteiger partial charge on any atom is -0.208 e. The van der Waals surface area contributed by atoms with Crippen molar-refractivity contribution < 1.29 is 0 Å². The number of hydrogen-bond acceptors (Lipinski definition) is 3. The predicted octanol–water partition coefficient (Wildman–Crippen LogP) is 13.3. The lowest BCUT2D eigenvalue weighted by molar-refractivity contribution is 1.07. The van der Waals surface area contributed by atoms with Crippen molar-refractivity contribution >= 4 is 32.3 Å². The van der Waals surface area contributed by atoms with Crippen LogP contribution in [0.1, 0.15) is 0 Å². The highest BCUT2D eigenvalue weighted by Crippen LogP contribution is 2.40. The third-order valence-electron chi connectivity index (χ3n) is 10.3. The van der Waals surface area contributed by atoms with E-state index in [1.54, 1.807) is 0 Å². The SMILES string of the molecule is c1ccc(-c2cccc(-c3nc(-c4ccc(-c5c6ccccc6cc6c5ccc5ccccc56)cc4)nc(-c4cccc(-c5ccccc5)c4)n3)c2)cc1. The Labute approximate surface area is 313 Å². The summed E-state index contributed by atoms with van der Waals surface area (Å²) in [5.41, 5.74) is 9.70. The lowest BCUT2D eigenvalue weighted by Gasteiger charge is -2.15. The Kier molecular flexibility index (Phi) is 7.81. The van der Waals surface area contributed by atoms with Crippen molar-refractivity contribution in [2.24, 2.45) is 0 Å². The van der Waals surface area contributed by atoms with E-state index < -0.39 is 0 Å². The summed E-state index contributed by atoms with van der Waals surface area (Å²) in [6.45, 7) is 0. The summed E-state index contributed by atoms with van der Waals surface area (Å²) in [6.07, 6.45) is 0. The van der Waals surface area contributed by atoms with Gasteiger partial charge in [-0.15, -0.1) is 0 Å². The zero-order valence-corrected chi connectivity index (χ0v) is 29.4. The normalized spacial score (nSPS) is 11.3. The van der Waals surface area contributed by atoms with Gasteiger partial charge in [0, 0.05) is 16.7 Å². The number of rotatable bonds is 6. The van der Waals surface area contributed by atoms with Crippen LogP contribution >= 0.6 is 0 Å². The monoisotopic (exact) mass is 687 g/mol. The fourth-order valence-corrected chi connectivity index (χ4v) is 7.62. The number of fused-ring (bicyclic) bond motifs is 4. The first kappa shape index (κ1) is 31.5. The quantitative estimate of drug-likeness (QED) is 0.129. The van der Waals surface area contributed by atoms with E-state index in [9.17, 15) is 0 Å². The van der Waals surface area contributed by atoms with Gasteiger partial charge in [0.1, 0.15) is 0 Å². The largest absolute Gasteiger partial charge is 0.208 e. The Hall–Kier alpha value is -7.23. The van der Waals surface area contributed by atoms with Crippen LogP contribution in [-0.4, -0.2) is 15.0 Å². The van der Waals surface area contributed by atoms with Gasteiger partial charge in [-0.05, 0) is 83.9 Å². The fourth-order valence-electron chi connectivity index (χ4n) is 7.62. The van der Waals surface area contributed by atoms with Crippen LogP contribution in [-0.2, 0) is 0 Å². The molecule has 0 aliphatic heterocycles. The first-order valence-electron chi connectivity index (χ1n) is 18.3. The molecule has 0 N–H and O–H groups in total. The number of aromatic nitrogens is 3. The third kappa shape index (κ3) is 5.78. The highest BCUT2D eigenvalue weighted by molar-refractivity contribution is 6.20. The van der Waals surface area contributed by atoms with Crippen molar-refractivity contribution in [2.75, 3.05) is 0 Å². The van der Waals surface area contributed by atoms with Crippen molar-refractivity contribution in [3.63, 3.8) is 0 Å². The Morgan fingerprint density at radius 1 is 0.222 bits per heavy atom. The second-order valence-corrected chi connectivity index (χ2v) is 13.6. The van der Waals surface area contributed by atoms with Gasteiger partial charge in [-0.2, -0.15) is 0 Å². The van der Waals surface area contributed by atoms with Crippen LogP contribution < -0.4 is 0 Å². The number of nitrogens with zero attached hydrogens (tertiary/aromatic N) is 3. The maximum Gasteiger partial charge on any atom is 0.164 e. The molecule has 0 aliphatic rings. The molecule has 1 heterocycles. The van der Waals surface area contributed by atoms with Gasteiger partial charge in [-0.3, -0.25) is 0 Å². The molecule has 9 aromatic carbocycles. The summed E-state index contributed by atoms with van der Waals surface area (Å²) < 4.78 is 0. The van der Waals surface area contributed by atoms with Gasteiger partial charge in [0.05, 0.1) is 0 Å². The molecular weight excluding hydrogens is 655 g/mol. The Balaban J connectivity index is 1.12. The first-order chi connectivity index (χ1) is 26.7. The van der Waals surface area contributed by atoms with Gasteiger partial charge in [0.2, 0.25) is 0 Å². The molecule has 0 fully saturated rings. The molecule has 0 atom stereocenters. The molecule has 0 saturated heterocycles. The van der Waals surface area contributed by atoms with Gasteiger partial charge in [0.25, 0.3) is 0 Å². The zero-order valence-electron chi connectivity index (χ0n) is 29.4. The molecule has 0 amide bonds. The molecule has 10 rings (SSSR count). The highest BCUT2D eigenvalue weighted by Gasteiger charge is 2.16. The molecule has 0 spiro atoms. The maximum atomic E-state index is 5.13. The van der Waals surface area contributed by atoms with E-state index in [1.807, 2.05) is 12.1 Å². The van der Waals surface area contributed by atoms with Crippen molar-refractivity contribution in [1.82, 2.24) is 15.0 Å². The van der Waals surface area contributed by atoms with E-state index >= 15 is 0 Å². The Bertz CT molecular complexity index is 2870. The van der Waals surface area contributed by atoms with Crippen LogP contribution in [0.5, 0.6) is 0 Å². The van der Waals surface area contributed by atoms with E-state index in [-0.39, 0.29) is 0 Å². The smallest absolute Gasteiger partial charge is 0.164 e. The van der Waals surface area contributed by atoms with Crippen molar-refractivity contribution in [2.45, 2.75) is 0 Å². The molecule has 3 nitrogen and oxygen atoms in total. The average Bonchev–Trinajstić information content (AvgIpc) is 3.26. The highest BCUT2D eigenvalue weighted by atomic mass is 15.0. The van der Waals surface area contributed by atoms with Crippen molar-refractivity contribution in [1.29, 1.82) is 0 Å². The van der Waals surface area contributed by atoms with E-state index in [4.69, 9.17) is 15.0 Å². The number of benzene rings is 9. The first-order valence-corrected chi connectivity index (χ1v) is 18.3. The molecule has 252 valence electrons. The molecule has 10 aromatic rings. The summed E-state index contributed by atoms with van der Waals surface area (Å²) in [6, 6.07) is 70.6. The van der Waals surface area contributed by atoms with E-state index in [1.165, 1.54) is 37.9 Å². The summed E-state index contributed by atoms with van der Waals surface area (Å²) >= 11 is 0.